The molecule has 0 bridgehead atoms. The van der Waals surface area contributed by atoms with E-state index in [0.29, 0.717) is 12.8 Å². The van der Waals surface area contributed by atoms with Gasteiger partial charge in [0.1, 0.15) is 11.8 Å². The van der Waals surface area contributed by atoms with E-state index in [1.165, 1.54) is 0 Å². The van der Waals surface area contributed by atoms with Gasteiger partial charge < -0.3 is 15.4 Å². The Balaban J connectivity index is 1.69. The van der Waals surface area contributed by atoms with Crippen molar-refractivity contribution in [2.24, 2.45) is 0 Å². The summed E-state index contributed by atoms with van der Waals surface area (Å²) < 4.78 is 5.53. The van der Waals surface area contributed by atoms with Crippen LogP contribution in [0.2, 0.25) is 0 Å². The fourth-order valence-electron chi connectivity index (χ4n) is 2.48. The van der Waals surface area contributed by atoms with Crippen LogP contribution in [0.15, 0.2) is 18.2 Å². The van der Waals surface area contributed by atoms with Gasteiger partial charge in [0.05, 0.1) is 6.61 Å². The molecule has 1 atom stereocenters. The third-order valence-electron chi connectivity index (χ3n) is 3.49. The number of nitrogens with one attached hydrogen (secondary N) is 2. The number of carbonyl (C=O) groups excluding carboxylic acids is 2. The van der Waals surface area contributed by atoms with Gasteiger partial charge in [0.15, 0.2) is 0 Å². The van der Waals surface area contributed by atoms with E-state index in [9.17, 15) is 9.59 Å². The van der Waals surface area contributed by atoms with Crippen LogP contribution in [0.1, 0.15) is 24.8 Å². The lowest BCUT2D eigenvalue weighted by molar-refractivity contribution is -0.122. The smallest absolute Gasteiger partial charge is 0.246 e. The van der Waals surface area contributed by atoms with Crippen LogP contribution in [0.5, 0.6) is 5.75 Å². The summed E-state index contributed by atoms with van der Waals surface area (Å²) in [6, 6.07) is 5.26. The lowest BCUT2D eigenvalue weighted by Gasteiger charge is -2.18. The molecule has 1 unspecified atom stereocenters. The number of benzene rings is 1. The van der Waals surface area contributed by atoms with Crippen LogP contribution in [0.4, 0.5) is 5.69 Å². The maximum atomic E-state index is 12.0. The van der Waals surface area contributed by atoms with Gasteiger partial charge in [-0.2, -0.15) is 0 Å². The lowest BCUT2D eigenvalue weighted by Crippen LogP contribution is -2.37. The molecule has 0 aromatic heterocycles. The average molecular weight is 260 g/mol. The molecule has 2 aliphatic heterocycles. The monoisotopic (exact) mass is 260 g/mol. The van der Waals surface area contributed by atoms with Crippen molar-refractivity contribution < 1.29 is 14.3 Å². The summed E-state index contributed by atoms with van der Waals surface area (Å²) in [6.45, 7) is 0.757. The zero-order chi connectivity index (χ0) is 13.2. The number of carbonyl (C=O) groups is 2. The van der Waals surface area contributed by atoms with Crippen molar-refractivity contribution in [2.75, 3.05) is 11.9 Å². The Morgan fingerprint density at radius 2 is 2.26 bits per heavy atom. The number of amides is 2. The van der Waals surface area contributed by atoms with Crippen molar-refractivity contribution in [3.05, 3.63) is 23.8 Å². The molecular weight excluding hydrogens is 244 g/mol. The SMILES string of the molecule is O=C1CCC(C(=O)Nc2ccc3c(c2)CCCO3)N1. The van der Waals surface area contributed by atoms with Crippen molar-refractivity contribution in [1.82, 2.24) is 5.32 Å². The van der Waals surface area contributed by atoms with Gasteiger partial charge in [-0.25, -0.2) is 0 Å². The van der Waals surface area contributed by atoms with E-state index in [4.69, 9.17) is 4.74 Å². The normalized spacial score (nSPS) is 21.3. The van der Waals surface area contributed by atoms with Gasteiger partial charge in [-0.3, -0.25) is 9.59 Å². The standard InChI is InChI=1S/C14H16N2O3/c17-13-6-4-11(16-13)14(18)15-10-3-5-12-9(8-10)2-1-7-19-12/h3,5,8,11H,1-2,4,6-7H2,(H,15,18)(H,16,17). The molecule has 19 heavy (non-hydrogen) atoms. The van der Waals surface area contributed by atoms with E-state index < -0.39 is 6.04 Å². The van der Waals surface area contributed by atoms with Crippen LogP contribution in [0, 0.1) is 0 Å². The van der Waals surface area contributed by atoms with Gasteiger partial charge >= 0.3 is 0 Å². The van der Waals surface area contributed by atoms with Crippen LogP contribution in [-0.4, -0.2) is 24.5 Å². The van der Waals surface area contributed by atoms with Crippen molar-refractivity contribution >= 4 is 17.5 Å². The molecule has 1 fully saturated rings. The number of hydrogen-bond donors (Lipinski definition) is 2. The van der Waals surface area contributed by atoms with E-state index in [0.717, 1.165) is 36.4 Å². The molecule has 1 aromatic rings. The van der Waals surface area contributed by atoms with Crippen LogP contribution in [0.25, 0.3) is 0 Å². The molecule has 0 aliphatic carbocycles. The number of hydrogen-bond acceptors (Lipinski definition) is 3. The second kappa shape index (κ2) is 4.91. The van der Waals surface area contributed by atoms with Crippen molar-refractivity contribution in [2.45, 2.75) is 31.7 Å². The summed E-state index contributed by atoms with van der Waals surface area (Å²) in [6.07, 6.45) is 2.97. The van der Waals surface area contributed by atoms with Gasteiger partial charge in [0.2, 0.25) is 11.8 Å². The first-order valence-corrected chi connectivity index (χ1v) is 6.58. The number of anilines is 1. The van der Waals surface area contributed by atoms with Gasteiger partial charge in [-0.05, 0) is 43.0 Å². The van der Waals surface area contributed by atoms with Gasteiger partial charge in [-0.1, -0.05) is 0 Å². The maximum Gasteiger partial charge on any atom is 0.246 e. The van der Waals surface area contributed by atoms with Crippen molar-refractivity contribution in [3.8, 4) is 5.75 Å². The fourth-order valence-corrected chi connectivity index (χ4v) is 2.48. The highest BCUT2D eigenvalue weighted by Gasteiger charge is 2.27. The summed E-state index contributed by atoms with van der Waals surface area (Å²) in [5, 5.41) is 5.51. The van der Waals surface area contributed by atoms with Crippen LogP contribution in [0.3, 0.4) is 0 Å². The highest BCUT2D eigenvalue weighted by Crippen LogP contribution is 2.27. The Morgan fingerprint density at radius 3 is 3.05 bits per heavy atom. The zero-order valence-electron chi connectivity index (χ0n) is 10.6. The highest BCUT2D eigenvalue weighted by atomic mass is 16.5. The quantitative estimate of drug-likeness (QED) is 0.840. The van der Waals surface area contributed by atoms with E-state index in [2.05, 4.69) is 10.6 Å². The Hall–Kier alpha value is -2.04. The summed E-state index contributed by atoms with van der Waals surface area (Å²) in [5.74, 6) is 0.694. The maximum absolute atomic E-state index is 12.0. The molecule has 2 N–H and O–H groups in total. The topological polar surface area (TPSA) is 67.4 Å². The van der Waals surface area contributed by atoms with Crippen LogP contribution >= 0.6 is 0 Å². The van der Waals surface area contributed by atoms with E-state index in [1.54, 1.807) is 0 Å². The predicted octanol–water partition coefficient (Wildman–Crippen LogP) is 1.23. The lowest BCUT2D eigenvalue weighted by atomic mass is 10.1. The van der Waals surface area contributed by atoms with Crippen molar-refractivity contribution in [3.63, 3.8) is 0 Å². The summed E-state index contributed by atoms with van der Waals surface area (Å²) >= 11 is 0. The number of fused-ring (bicyclic) bond motifs is 1. The largest absolute Gasteiger partial charge is 0.493 e. The minimum absolute atomic E-state index is 0.0565. The summed E-state index contributed by atoms with van der Waals surface area (Å²) in [4.78, 5) is 23.1. The average Bonchev–Trinajstić information content (AvgIpc) is 2.85. The molecule has 0 radical (unpaired) electrons. The second-order valence-corrected chi connectivity index (χ2v) is 4.92. The van der Waals surface area contributed by atoms with E-state index in [-0.39, 0.29) is 11.8 Å². The Morgan fingerprint density at radius 1 is 1.37 bits per heavy atom. The summed E-state index contributed by atoms with van der Waals surface area (Å²) in [5.41, 5.74) is 1.88. The highest BCUT2D eigenvalue weighted by molar-refractivity contribution is 5.99. The van der Waals surface area contributed by atoms with E-state index >= 15 is 0 Å². The number of rotatable bonds is 2. The molecule has 2 aliphatic rings. The third-order valence-corrected chi connectivity index (χ3v) is 3.49. The first-order chi connectivity index (χ1) is 9.22. The van der Waals surface area contributed by atoms with Crippen LogP contribution < -0.4 is 15.4 Å². The molecule has 0 saturated carbocycles. The van der Waals surface area contributed by atoms with Gasteiger partial charge in [0, 0.05) is 12.1 Å². The molecule has 0 spiro atoms. The predicted molar refractivity (Wildman–Crippen MR) is 70.1 cm³/mol. The van der Waals surface area contributed by atoms with Gasteiger partial charge in [0.25, 0.3) is 0 Å². The molecule has 100 valence electrons. The zero-order valence-corrected chi connectivity index (χ0v) is 10.6. The second-order valence-electron chi connectivity index (χ2n) is 4.92. The molecule has 2 amide bonds. The molecule has 1 saturated heterocycles. The Kier molecular flexibility index (Phi) is 3.11. The first kappa shape index (κ1) is 12.0. The summed E-state index contributed by atoms with van der Waals surface area (Å²) in [7, 11) is 0. The number of ether oxygens (including phenoxy) is 1. The fraction of sp³-hybridized carbons (Fsp3) is 0.429. The van der Waals surface area contributed by atoms with Gasteiger partial charge in [-0.15, -0.1) is 0 Å². The van der Waals surface area contributed by atoms with E-state index in [1.807, 2.05) is 18.2 Å². The third kappa shape index (κ3) is 2.54. The molecule has 1 aromatic carbocycles. The molecular formula is C14H16N2O3. The number of aryl methyl sites for hydroxylation is 1. The molecule has 2 heterocycles. The molecule has 5 heteroatoms. The minimum atomic E-state index is -0.403. The molecule has 5 nitrogen and oxygen atoms in total. The first-order valence-electron chi connectivity index (χ1n) is 6.58. The molecule has 3 rings (SSSR count). The minimum Gasteiger partial charge on any atom is -0.493 e. The van der Waals surface area contributed by atoms with Crippen molar-refractivity contribution in [1.29, 1.82) is 0 Å². The Bertz CT molecular complexity index is 527. The van der Waals surface area contributed by atoms with Crippen LogP contribution in [-0.2, 0) is 16.0 Å². The Labute approximate surface area is 111 Å².